The predicted octanol–water partition coefficient (Wildman–Crippen LogP) is 12.6. The van der Waals surface area contributed by atoms with Crippen LogP contribution >= 0.6 is 87.7 Å². The summed E-state index contributed by atoms with van der Waals surface area (Å²) in [7, 11) is 0. The van der Waals surface area contributed by atoms with Gasteiger partial charge >= 0.3 is 11.9 Å². The van der Waals surface area contributed by atoms with Crippen LogP contribution in [0.25, 0.3) is 5.70 Å². The van der Waals surface area contributed by atoms with E-state index in [0.29, 0.717) is 84.3 Å². The minimum atomic E-state index is -1.48. The van der Waals surface area contributed by atoms with Gasteiger partial charge in [0, 0.05) is 90.5 Å². The minimum absolute atomic E-state index is 0. The van der Waals surface area contributed by atoms with Crippen molar-refractivity contribution in [1.29, 1.82) is 5.41 Å². The Bertz CT molecular complexity index is 3610. The molecule has 0 spiro atoms. The molecule has 477 valence electrons. The number of amides is 1. The number of rotatable bonds is 14. The predicted molar refractivity (Wildman–Crippen MR) is 354 cm³/mol. The van der Waals surface area contributed by atoms with Crippen LogP contribution in [0.15, 0.2) is 145 Å². The van der Waals surface area contributed by atoms with E-state index in [1.165, 1.54) is 36.4 Å². The Kier molecular flexibility index (Phi) is 35.6. The Morgan fingerprint density at radius 2 is 1.09 bits per heavy atom. The number of nitrogens with two attached hydrogens (primary N) is 2. The number of aryl methyl sites for hydroxylation is 1. The molecule has 4 aromatic carbocycles. The Morgan fingerprint density at radius 3 is 1.45 bits per heavy atom. The number of aromatic nitrogens is 3. The van der Waals surface area contributed by atoms with Crippen LogP contribution in [0.1, 0.15) is 115 Å². The number of carboxylic acids is 2. The van der Waals surface area contributed by atoms with Gasteiger partial charge in [-0.05, 0) is 153 Å². The van der Waals surface area contributed by atoms with E-state index < -0.39 is 35.2 Å². The first kappa shape index (κ1) is 80.4. The standard InChI is InChI=1S/C16H18BrFN4O.C16H16BrFN4.C11H7BrFNO2.C7H6BrFN2.C5H13N3.C3H3ClO3.ClH.V/c1-9(2)21-22-10(3)19-16(23)15-7-6-14(20-15)12-5-4-11(17)8-13(12)18;1-9(2)22-16(19-10(3)21-22)15-7-6-14(20-15)12-5-4-11(17)8-13(12)18;12-6-1-2-7(8(13)5-6)9-3-4-10(14-9)11(15)16;8-4-1-2-5(7(10)11)6(9)3-4;1-4(2)7-8-5(3)6;4-1-2(5)3(6)7;;/h4-5,7-9,21H,6H2,1-3H3,(H,19,22,23);4-5,7-9H,6H2,1-3H3;1-2,4-5H,3H2,(H,15,16);1-3H,(H3,10,11);4,7H,1-3H3,(H2,6,8);1H2,(H,6,7);1H;. The molecule has 89 heavy (non-hydrogen) atoms. The SMILES string of the molecule is C/C(N)=N/NC(C)C.CC(=NNC(C)C)NC(=O)C1=CCC(c2ccc(Br)cc2F)=N1.Cc1nc(C2=CCC(c3ccc(Br)cc3F)=N2)n(C(C)C)n1.Cl.N=C(N)c1ccc(Br)cc1F.O=C(O)C(=O)CCl.O=C(O)C1=CCC(c2ccc(Br)cc2F)=N1.[V]. The molecule has 0 bridgehead atoms. The maximum Gasteiger partial charge on any atom is 0.373 e. The zero-order chi connectivity index (χ0) is 65.4. The Hall–Kier alpha value is -6.66. The molecule has 4 heterocycles. The average molecular weight is 1570 g/mol. The summed E-state index contributed by atoms with van der Waals surface area (Å²) in [5.74, 6) is -3.67. The molecule has 3 aliphatic heterocycles. The summed E-state index contributed by atoms with van der Waals surface area (Å²) in [6.45, 7) is 17.3. The second kappa shape index (κ2) is 39.5. The normalized spacial score (nSPS) is 12.9. The molecule has 0 aliphatic carbocycles. The topological polar surface area (TPSA) is 313 Å². The molecule has 0 atom stereocenters. The number of aliphatic imine (C=N–C) groups is 3. The van der Waals surface area contributed by atoms with Crippen LogP contribution in [0.3, 0.4) is 0 Å². The maximum absolute atomic E-state index is 14.1. The van der Waals surface area contributed by atoms with Crippen LogP contribution in [0.5, 0.6) is 0 Å². The van der Waals surface area contributed by atoms with Crippen molar-refractivity contribution in [1.82, 2.24) is 30.9 Å². The Balaban J connectivity index is 0.000000559. The number of Topliss-reactive ketones (excluding diaryl/α,β-unsaturated/α-hetero) is 1. The summed E-state index contributed by atoms with van der Waals surface area (Å²) >= 11 is 17.5. The largest absolute Gasteiger partial charge is 0.477 e. The molecule has 0 unspecified atom stereocenters. The van der Waals surface area contributed by atoms with E-state index in [9.17, 15) is 36.7 Å². The quantitative estimate of drug-likeness (QED) is 0.0129. The molecule has 3 aliphatic rings. The number of carboxylic acid groups (broad SMARTS) is 2. The first-order chi connectivity index (χ1) is 40.8. The molecule has 1 aromatic heterocycles. The van der Waals surface area contributed by atoms with Crippen molar-refractivity contribution in [3.8, 4) is 0 Å². The van der Waals surface area contributed by atoms with E-state index in [4.69, 9.17) is 38.7 Å². The van der Waals surface area contributed by atoms with Crippen molar-refractivity contribution in [2.24, 2.45) is 36.6 Å². The average Bonchev–Trinajstić information content (AvgIpc) is 2.64. The molecule has 1 amide bonds. The number of carbonyl (C=O) groups excluding carboxylic acids is 2. The van der Waals surface area contributed by atoms with Gasteiger partial charge in [-0.25, -0.2) is 51.8 Å². The molecular formula is C58H64Br4Cl2F4N14O6V. The summed E-state index contributed by atoms with van der Waals surface area (Å²) < 4.78 is 58.9. The number of nitrogens with zero attached hydrogens (tertiary/aromatic N) is 8. The third-order valence-corrected chi connectivity index (χ3v) is 12.9. The first-order valence-electron chi connectivity index (χ1n) is 26.0. The number of nitrogens with one attached hydrogen (secondary N) is 4. The number of alkyl halides is 1. The van der Waals surface area contributed by atoms with Crippen LogP contribution in [-0.4, -0.2) is 101 Å². The van der Waals surface area contributed by atoms with Crippen molar-refractivity contribution in [2.75, 3.05) is 5.88 Å². The van der Waals surface area contributed by atoms with E-state index in [0.717, 1.165) is 21.7 Å². The molecule has 1 radical (unpaired) electrons. The van der Waals surface area contributed by atoms with Crippen molar-refractivity contribution in [3.05, 3.63) is 177 Å². The summed E-state index contributed by atoms with van der Waals surface area (Å²) in [6, 6.07) is 19.5. The fourth-order valence-electron chi connectivity index (χ4n) is 6.83. The molecule has 10 N–H and O–H groups in total. The van der Waals surface area contributed by atoms with Crippen molar-refractivity contribution in [3.63, 3.8) is 0 Å². The number of amidine groups is 3. The maximum atomic E-state index is 14.1. The number of carbonyl (C=O) groups is 4. The third-order valence-electron chi connectivity index (χ3n) is 10.7. The molecule has 0 saturated heterocycles. The third kappa shape index (κ3) is 27.5. The van der Waals surface area contributed by atoms with Gasteiger partial charge in [-0.15, -0.1) is 24.0 Å². The summed E-state index contributed by atoms with van der Waals surface area (Å²) in [5, 5.41) is 38.3. The van der Waals surface area contributed by atoms with E-state index in [1.807, 2.05) is 65.3 Å². The number of hydrazone groups is 2. The van der Waals surface area contributed by atoms with Gasteiger partial charge < -0.3 is 37.8 Å². The van der Waals surface area contributed by atoms with Crippen LogP contribution in [0.2, 0.25) is 0 Å². The fraction of sp³-hybridized carbons (Fsp3) is 0.276. The van der Waals surface area contributed by atoms with Gasteiger partial charge in [0.1, 0.15) is 63.7 Å². The Labute approximate surface area is 568 Å². The molecule has 0 fully saturated rings. The number of aliphatic carboxylic acids is 2. The fourth-order valence-corrected chi connectivity index (χ4v) is 8.28. The number of benzene rings is 4. The van der Waals surface area contributed by atoms with E-state index >= 15 is 0 Å². The van der Waals surface area contributed by atoms with Gasteiger partial charge in [-0.3, -0.25) is 15.0 Å². The second-order valence-electron chi connectivity index (χ2n) is 19.1. The second-order valence-corrected chi connectivity index (χ2v) is 23.1. The summed E-state index contributed by atoms with van der Waals surface area (Å²) in [6.07, 6.45) is 6.48. The smallest absolute Gasteiger partial charge is 0.373 e. The van der Waals surface area contributed by atoms with E-state index in [1.54, 1.807) is 56.3 Å². The molecular weight excluding hydrogens is 1510 g/mol. The number of ketones is 1. The van der Waals surface area contributed by atoms with Crippen molar-refractivity contribution < 1.29 is 65.5 Å². The molecule has 0 saturated carbocycles. The van der Waals surface area contributed by atoms with Gasteiger partial charge in [0.15, 0.2) is 5.82 Å². The zero-order valence-corrected chi connectivity index (χ0v) is 58.6. The number of hydrogen-bond acceptors (Lipinski definition) is 14. The van der Waals surface area contributed by atoms with Gasteiger partial charge in [0.25, 0.3) is 11.7 Å². The summed E-state index contributed by atoms with van der Waals surface area (Å²) in [5.41, 5.74) is 20.1. The van der Waals surface area contributed by atoms with Crippen LogP contribution in [0, 0.1) is 35.6 Å². The Morgan fingerprint density at radius 1 is 0.674 bits per heavy atom. The van der Waals surface area contributed by atoms with Gasteiger partial charge in [-0.1, -0.05) is 63.7 Å². The van der Waals surface area contributed by atoms with E-state index in [-0.39, 0.29) is 83.4 Å². The first-order valence-corrected chi connectivity index (χ1v) is 29.7. The number of nitrogen functional groups attached to an aromatic ring is 1. The molecule has 5 aromatic rings. The van der Waals surface area contributed by atoms with Gasteiger partial charge in [0.05, 0.1) is 28.6 Å². The number of halogens is 10. The van der Waals surface area contributed by atoms with Gasteiger partial charge in [-0.2, -0.15) is 15.3 Å². The monoisotopic (exact) mass is 1570 g/mol. The van der Waals surface area contributed by atoms with Crippen LogP contribution in [-0.2, 0) is 37.7 Å². The van der Waals surface area contributed by atoms with Crippen LogP contribution in [0.4, 0.5) is 17.6 Å². The number of allylic oxidation sites excluding steroid dienone is 3. The molecule has 20 nitrogen and oxygen atoms in total. The van der Waals surface area contributed by atoms with E-state index in [2.05, 4.69) is 115 Å². The minimum Gasteiger partial charge on any atom is -0.477 e. The van der Waals surface area contributed by atoms with Crippen molar-refractivity contribution >= 4 is 152 Å². The van der Waals surface area contributed by atoms with Crippen molar-refractivity contribution in [2.45, 2.75) is 99.7 Å². The van der Waals surface area contributed by atoms with Gasteiger partial charge in [0.2, 0.25) is 0 Å². The molecule has 8 rings (SSSR count). The zero-order valence-electron chi connectivity index (χ0n) is 49.2. The van der Waals surface area contributed by atoms with Crippen LogP contribution < -0.4 is 27.6 Å². The summed E-state index contributed by atoms with van der Waals surface area (Å²) in [4.78, 5) is 59.2. The molecule has 31 heteroatoms. The number of hydrogen-bond donors (Lipinski definition) is 8.